The Morgan fingerprint density at radius 3 is 2.21 bits per heavy atom. The fourth-order valence-electron chi connectivity index (χ4n) is 4.14. The summed E-state index contributed by atoms with van der Waals surface area (Å²) in [6, 6.07) is 28.4. The monoisotopic (exact) mass is 447 g/mol. The van der Waals surface area contributed by atoms with Crippen molar-refractivity contribution in [2.24, 2.45) is 0 Å². The standard InChI is InChI=1S/C29H25N3O2/c1-20-11-9-10-16-24(20)18-25-28-31-26(17-22-12-5-3-6-13-22)29(34-21(2)33)32(28)19-27(30-25)23-14-7-4-8-15-23/h3-16,19H,17-18H2,1-2H3. The number of imidazole rings is 1. The van der Waals surface area contributed by atoms with Crippen LogP contribution < -0.4 is 4.74 Å². The van der Waals surface area contributed by atoms with Gasteiger partial charge in [-0.25, -0.2) is 9.97 Å². The molecule has 3 aromatic carbocycles. The third-order valence-electron chi connectivity index (χ3n) is 5.84. The van der Waals surface area contributed by atoms with Crippen LogP contribution in [-0.4, -0.2) is 20.3 Å². The molecule has 5 aromatic rings. The zero-order valence-electron chi connectivity index (χ0n) is 19.2. The van der Waals surface area contributed by atoms with E-state index in [1.807, 2.05) is 83.4 Å². The lowest BCUT2D eigenvalue weighted by Crippen LogP contribution is -2.07. The summed E-state index contributed by atoms with van der Waals surface area (Å²) in [4.78, 5) is 22.0. The van der Waals surface area contributed by atoms with Crippen LogP contribution in [0.4, 0.5) is 0 Å². The summed E-state index contributed by atoms with van der Waals surface area (Å²) >= 11 is 0. The highest BCUT2D eigenvalue weighted by atomic mass is 16.5. The lowest BCUT2D eigenvalue weighted by atomic mass is 10.0. The summed E-state index contributed by atoms with van der Waals surface area (Å²) in [6.07, 6.45) is 3.08. The number of fused-ring (bicyclic) bond motifs is 1. The molecule has 5 heteroatoms. The van der Waals surface area contributed by atoms with Gasteiger partial charge in [0.15, 0.2) is 5.65 Å². The second-order valence-corrected chi connectivity index (χ2v) is 8.36. The summed E-state index contributed by atoms with van der Waals surface area (Å²) in [6.45, 7) is 3.52. The molecule has 2 aromatic heterocycles. The number of carbonyl (C=O) groups is 1. The number of carbonyl (C=O) groups excluding carboxylic acids is 1. The Morgan fingerprint density at radius 2 is 1.50 bits per heavy atom. The highest BCUT2D eigenvalue weighted by Gasteiger charge is 2.21. The number of esters is 1. The second kappa shape index (κ2) is 9.32. The van der Waals surface area contributed by atoms with Crippen LogP contribution in [0.1, 0.15) is 35.0 Å². The Bertz CT molecular complexity index is 1460. The van der Waals surface area contributed by atoms with Crippen molar-refractivity contribution < 1.29 is 9.53 Å². The van der Waals surface area contributed by atoms with Crippen LogP contribution in [-0.2, 0) is 17.6 Å². The maximum absolute atomic E-state index is 12.1. The molecule has 0 bridgehead atoms. The van der Waals surface area contributed by atoms with Crippen molar-refractivity contribution in [3.05, 3.63) is 119 Å². The molecule has 0 atom stereocenters. The first-order valence-corrected chi connectivity index (χ1v) is 11.3. The minimum absolute atomic E-state index is 0.380. The molecule has 0 saturated heterocycles. The number of ether oxygens (including phenoxy) is 1. The summed E-state index contributed by atoms with van der Waals surface area (Å²) in [5.41, 5.74) is 7.51. The molecule has 0 unspecified atom stereocenters. The third-order valence-corrected chi connectivity index (χ3v) is 5.84. The van der Waals surface area contributed by atoms with E-state index in [0.29, 0.717) is 30.1 Å². The summed E-state index contributed by atoms with van der Waals surface area (Å²) in [5.74, 6) is 0.0617. The van der Waals surface area contributed by atoms with E-state index in [0.717, 1.165) is 22.5 Å². The second-order valence-electron chi connectivity index (χ2n) is 8.36. The van der Waals surface area contributed by atoms with Crippen molar-refractivity contribution in [1.29, 1.82) is 0 Å². The Balaban J connectivity index is 1.72. The van der Waals surface area contributed by atoms with Crippen molar-refractivity contribution in [2.45, 2.75) is 26.7 Å². The van der Waals surface area contributed by atoms with Gasteiger partial charge < -0.3 is 4.74 Å². The quantitative estimate of drug-likeness (QED) is 0.308. The molecule has 0 amide bonds. The summed E-state index contributed by atoms with van der Waals surface area (Å²) in [5, 5.41) is 0. The Kier molecular flexibility index (Phi) is 5.91. The lowest BCUT2D eigenvalue weighted by molar-refractivity contribution is -0.132. The molecule has 0 spiro atoms. The van der Waals surface area contributed by atoms with Crippen molar-refractivity contribution in [2.75, 3.05) is 0 Å². The van der Waals surface area contributed by atoms with Crippen LogP contribution in [0.3, 0.4) is 0 Å². The zero-order chi connectivity index (χ0) is 23.5. The van der Waals surface area contributed by atoms with Gasteiger partial charge in [0.2, 0.25) is 5.88 Å². The van der Waals surface area contributed by atoms with Crippen molar-refractivity contribution >= 4 is 11.6 Å². The number of aryl methyl sites for hydroxylation is 1. The average molecular weight is 448 g/mol. The van der Waals surface area contributed by atoms with E-state index in [-0.39, 0.29) is 5.97 Å². The van der Waals surface area contributed by atoms with Crippen molar-refractivity contribution in [3.8, 4) is 17.1 Å². The van der Waals surface area contributed by atoms with Crippen LogP contribution >= 0.6 is 0 Å². The predicted molar refractivity (Wildman–Crippen MR) is 133 cm³/mol. The van der Waals surface area contributed by atoms with Gasteiger partial charge in [0.1, 0.15) is 5.69 Å². The van der Waals surface area contributed by atoms with E-state index < -0.39 is 0 Å². The molecule has 168 valence electrons. The molecular weight excluding hydrogens is 422 g/mol. The fourth-order valence-corrected chi connectivity index (χ4v) is 4.14. The SMILES string of the molecule is CC(=O)Oc1c(Cc2ccccc2)nc2c(Cc3ccccc3C)nc(-c3ccccc3)cn12. The first kappa shape index (κ1) is 21.6. The Labute approximate surface area is 198 Å². The minimum atomic E-state index is -0.380. The van der Waals surface area contributed by atoms with Crippen molar-refractivity contribution in [3.63, 3.8) is 0 Å². The molecule has 34 heavy (non-hydrogen) atoms. The highest BCUT2D eigenvalue weighted by molar-refractivity contribution is 5.71. The van der Waals surface area contributed by atoms with Gasteiger partial charge in [-0.3, -0.25) is 9.20 Å². The van der Waals surface area contributed by atoms with E-state index in [2.05, 4.69) is 19.1 Å². The number of hydrogen-bond donors (Lipinski definition) is 0. The van der Waals surface area contributed by atoms with Gasteiger partial charge in [0.25, 0.3) is 0 Å². The molecule has 5 nitrogen and oxygen atoms in total. The van der Waals surface area contributed by atoms with Crippen LogP contribution in [0.25, 0.3) is 16.9 Å². The van der Waals surface area contributed by atoms with E-state index in [1.165, 1.54) is 18.1 Å². The fraction of sp³-hybridized carbons (Fsp3) is 0.138. The smallest absolute Gasteiger partial charge is 0.309 e. The van der Waals surface area contributed by atoms with Gasteiger partial charge in [-0.05, 0) is 23.6 Å². The van der Waals surface area contributed by atoms with Gasteiger partial charge >= 0.3 is 5.97 Å². The average Bonchev–Trinajstić information content (AvgIpc) is 3.18. The lowest BCUT2D eigenvalue weighted by Gasteiger charge is -2.11. The van der Waals surface area contributed by atoms with E-state index in [1.54, 1.807) is 0 Å². The van der Waals surface area contributed by atoms with Crippen molar-refractivity contribution in [1.82, 2.24) is 14.4 Å². The molecule has 0 aliphatic carbocycles. The molecule has 0 aliphatic heterocycles. The minimum Gasteiger partial charge on any atom is -0.407 e. The number of aromatic nitrogens is 3. The van der Waals surface area contributed by atoms with Crippen LogP contribution in [0.2, 0.25) is 0 Å². The molecule has 2 heterocycles. The van der Waals surface area contributed by atoms with Gasteiger partial charge in [0.05, 0.1) is 11.4 Å². The molecule has 0 fully saturated rings. The Morgan fingerprint density at radius 1 is 0.824 bits per heavy atom. The van der Waals surface area contributed by atoms with Crippen LogP contribution in [0.15, 0.2) is 91.1 Å². The number of hydrogen-bond acceptors (Lipinski definition) is 4. The molecular formula is C29H25N3O2. The highest BCUT2D eigenvalue weighted by Crippen LogP contribution is 2.29. The van der Waals surface area contributed by atoms with E-state index >= 15 is 0 Å². The largest absolute Gasteiger partial charge is 0.407 e. The van der Waals surface area contributed by atoms with Gasteiger partial charge in [-0.15, -0.1) is 0 Å². The first-order chi connectivity index (χ1) is 16.6. The number of benzene rings is 3. The zero-order valence-corrected chi connectivity index (χ0v) is 19.2. The van der Waals surface area contributed by atoms with Crippen LogP contribution in [0.5, 0.6) is 5.88 Å². The van der Waals surface area contributed by atoms with E-state index in [9.17, 15) is 4.79 Å². The topological polar surface area (TPSA) is 56.5 Å². The van der Waals surface area contributed by atoms with Crippen LogP contribution in [0, 0.1) is 6.92 Å². The molecule has 5 rings (SSSR count). The maximum Gasteiger partial charge on any atom is 0.309 e. The molecule has 0 saturated carbocycles. The maximum atomic E-state index is 12.1. The normalized spacial score (nSPS) is 11.0. The van der Waals surface area contributed by atoms with Gasteiger partial charge in [-0.2, -0.15) is 0 Å². The number of nitrogens with zero attached hydrogens (tertiary/aromatic N) is 3. The first-order valence-electron chi connectivity index (χ1n) is 11.3. The van der Waals surface area contributed by atoms with Gasteiger partial charge in [-0.1, -0.05) is 84.9 Å². The molecule has 0 aliphatic rings. The predicted octanol–water partition coefficient (Wildman–Crippen LogP) is 5.81. The third kappa shape index (κ3) is 4.46. The van der Waals surface area contributed by atoms with E-state index in [4.69, 9.17) is 14.7 Å². The number of rotatable bonds is 6. The summed E-state index contributed by atoms with van der Waals surface area (Å²) in [7, 11) is 0. The molecule has 0 radical (unpaired) electrons. The molecule has 0 N–H and O–H groups in total. The summed E-state index contributed by atoms with van der Waals surface area (Å²) < 4.78 is 7.60. The Hall–Kier alpha value is -4.25. The van der Waals surface area contributed by atoms with Gasteiger partial charge in [0, 0.05) is 31.5 Å².